The molecule has 1 rings (SSSR count). The van der Waals surface area contributed by atoms with Crippen molar-refractivity contribution in [2.75, 3.05) is 0 Å². The standard InChI is InChI=1S/C8H10S.BrH/c1-7(9)8-5-3-2-4-6-8;/h2-7,9H,1H3;1H. The SMILES string of the molecule is Br.CC(S)c1ccccc1. The lowest BCUT2D eigenvalue weighted by atomic mass is 10.2. The van der Waals surface area contributed by atoms with Gasteiger partial charge in [-0.05, 0) is 12.5 Å². The topological polar surface area (TPSA) is 0 Å². The molecule has 1 aromatic rings. The quantitative estimate of drug-likeness (QED) is 0.688. The highest BCUT2D eigenvalue weighted by Crippen LogP contribution is 2.16. The Morgan fingerprint density at radius 2 is 1.70 bits per heavy atom. The maximum atomic E-state index is 4.29. The molecule has 0 radical (unpaired) electrons. The minimum Gasteiger partial charge on any atom is -0.171 e. The summed E-state index contributed by atoms with van der Waals surface area (Å²) < 4.78 is 0. The van der Waals surface area contributed by atoms with Gasteiger partial charge in [-0.15, -0.1) is 17.0 Å². The molecular weight excluding hydrogens is 208 g/mol. The van der Waals surface area contributed by atoms with E-state index in [1.165, 1.54) is 5.56 Å². The molecule has 0 saturated heterocycles. The van der Waals surface area contributed by atoms with Crippen LogP contribution in [0.3, 0.4) is 0 Å². The first kappa shape index (κ1) is 10.0. The van der Waals surface area contributed by atoms with E-state index in [1.54, 1.807) is 0 Å². The van der Waals surface area contributed by atoms with Crippen molar-refractivity contribution in [1.82, 2.24) is 0 Å². The second-order valence-corrected chi connectivity index (χ2v) is 2.86. The molecule has 0 amide bonds. The van der Waals surface area contributed by atoms with Crippen LogP contribution >= 0.6 is 29.6 Å². The molecule has 1 unspecified atom stereocenters. The number of benzene rings is 1. The lowest BCUT2D eigenvalue weighted by molar-refractivity contribution is 1.11. The Morgan fingerprint density at radius 1 is 1.20 bits per heavy atom. The fourth-order valence-electron chi connectivity index (χ4n) is 0.732. The third-order valence-electron chi connectivity index (χ3n) is 1.28. The van der Waals surface area contributed by atoms with Crippen LogP contribution in [0.2, 0.25) is 0 Å². The van der Waals surface area contributed by atoms with Crippen LogP contribution < -0.4 is 0 Å². The summed E-state index contributed by atoms with van der Waals surface area (Å²) in [5.41, 5.74) is 1.28. The molecule has 0 nitrogen and oxygen atoms in total. The molecule has 56 valence electrons. The Labute approximate surface area is 77.8 Å². The maximum Gasteiger partial charge on any atom is 0.0238 e. The minimum atomic E-state index is 0. The fourth-order valence-corrected chi connectivity index (χ4v) is 0.904. The van der Waals surface area contributed by atoms with E-state index in [0.29, 0.717) is 5.25 Å². The number of rotatable bonds is 1. The van der Waals surface area contributed by atoms with Gasteiger partial charge < -0.3 is 0 Å². The molecule has 0 aliphatic rings. The minimum absolute atomic E-state index is 0. The van der Waals surface area contributed by atoms with Crippen LogP contribution in [0.1, 0.15) is 17.7 Å². The highest BCUT2D eigenvalue weighted by atomic mass is 79.9. The highest BCUT2D eigenvalue weighted by Gasteiger charge is 1.94. The lowest BCUT2D eigenvalue weighted by Crippen LogP contribution is -1.80. The zero-order chi connectivity index (χ0) is 6.69. The molecule has 10 heavy (non-hydrogen) atoms. The van der Waals surface area contributed by atoms with E-state index in [-0.39, 0.29) is 17.0 Å². The van der Waals surface area contributed by atoms with E-state index in [2.05, 4.69) is 31.7 Å². The van der Waals surface area contributed by atoms with Crippen LogP contribution in [0.15, 0.2) is 30.3 Å². The molecule has 0 heterocycles. The third-order valence-corrected chi connectivity index (χ3v) is 1.58. The second-order valence-electron chi connectivity index (χ2n) is 2.09. The average molecular weight is 219 g/mol. The average Bonchev–Trinajstić information content (AvgIpc) is 1.90. The molecule has 0 aromatic heterocycles. The molecule has 0 bridgehead atoms. The van der Waals surface area contributed by atoms with Crippen LogP contribution in [0.5, 0.6) is 0 Å². The van der Waals surface area contributed by atoms with Crippen molar-refractivity contribution in [3.05, 3.63) is 35.9 Å². The molecule has 2 heteroatoms. The molecule has 0 saturated carbocycles. The Morgan fingerprint density at radius 3 is 2.00 bits per heavy atom. The van der Waals surface area contributed by atoms with Gasteiger partial charge in [-0.3, -0.25) is 0 Å². The smallest absolute Gasteiger partial charge is 0.0238 e. The van der Waals surface area contributed by atoms with Crippen LogP contribution in [-0.2, 0) is 0 Å². The van der Waals surface area contributed by atoms with Gasteiger partial charge in [-0.25, -0.2) is 0 Å². The summed E-state index contributed by atoms with van der Waals surface area (Å²) in [5, 5.41) is 0.353. The summed E-state index contributed by atoms with van der Waals surface area (Å²) in [6.07, 6.45) is 0. The second kappa shape index (κ2) is 4.80. The normalized spacial score (nSPS) is 11.8. The fraction of sp³-hybridized carbons (Fsp3) is 0.250. The predicted octanol–water partition coefficient (Wildman–Crippen LogP) is 3.26. The van der Waals surface area contributed by atoms with E-state index in [1.807, 2.05) is 18.2 Å². The van der Waals surface area contributed by atoms with E-state index in [9.17, 15) is 0 Å². The highest BCUT2D eigenvalue weighted by molar-refractivity contribution is 8.93. The monoisotopic (exact) mass is 218 g/mol. The summed E-state index contributed by atoms with van der Waals surface area (Å²) in [5.74, 6) is 0. The molecular formula is C8H11BrS. The molecule has 1 atom stereocenters. The maximum absolute atomic E-state index is 4.29. The summed E-state index contributed by atoms with van der Waals surface area (Å²) in [6, 6.07) is 10.2. The Kier molecular flexibility index (Phi) is 4.83. The van der Waals surface area contributed by atoms with Gasteiger partial charge >= 0.3 is 0 Å². The summed E-state index contributed by atoms with van der Waals surface area (Å²) in [6.45, 7) is 2.07. The zero-order valence-electron chi connectivity index (χ0n) is 5.82. The van der Waals surface area contributed by atoms with Crippen LogP contribution in [-0.4, -0.2) is 0 Å². The molecule has 0 aliphatic heterocycles. The Bertz CT molecular complexity index is 172. The van der Waals surface area contributed by atoms with Gasteiger partial charge in [0.1, 0.15) is 0 Å². The molecule has 0 fully saturated rings. The zero-order valence-corrected chi connectivity index (χ0v) is 8.43. The van der Waals surface area contributed by atoms with Crippen LogP contribution in [0.25, 0.3) is 0 Å². The van der Waals surface area contributed by atoms with Crippen LogP contribution in [0, 0.1) is 0 Å². The van der Waals surface area contributed by atoms with Crippen molar-refractivity contribution in [3.8, 4) is 0 Å². The van der Waals surface area contributed by atoms with Gasteiger partial charge in [-0.1, -0.05) is 30.3 Å². The number of thiol groups is 1. The van der Waals surface area contributed by atoms with Crippen LogP contribution in [0.4, 0.5) is 0 Å². The first-order valence-electron chi connectivity index (χ1n) is 3.03. The van der Waals surface area contributed by atoms with Crippen molar-refractivity contribution >= 4 is 29.6 Å². The van der Waals surface area contributed by atoms with Gasteiger partial charge in [0.2, 0.25) is 0 Å². The largest absolute Gasteiger partial charge is 0.171 e. The number of hydrogen-bond donors (Lipinski definition) is 1. The van der Waals surface area contributed by atoms with Gasteiger partial charge in [0.25, 0.3) is 0 Å². The van der Waals surface area contributed by atoms with E-state index in [0.717, 1.165) is 0 Å². The van der Waals surface area contributed by atoms with Gasteiger partial charge in [-0.2, -0.15) is 12.6 Å². The molecule has 0 N–H and O–H groups in total. The predicted molar refractivity (Wildman–Crippen MR) is 54.2 cm³/mol. The summed E-state index contributed by atoms with van der Waals surface area (Å²) in [7, 11) is 0. The summed E-state index contributed by atoms with van der Waals surface area (Å²) >= 11 is 4.29. The van der Waals surface area contributed by atoms with Gasteiger partial charge in [0.05, 0.1) is 0 Å². The molecule has 1 aromatic carbocycles. The van der Waals surface area contributed by atoms with Crippen molar-refractivity contribution in [2.24, 2.45) is 0 Å². The first-order chi connectivity index (χ1) is 4.30. The van der Waals surface area contributed by atoms with E-state index < -0.39 is 0 Å². The van der Waals surface area contributed by atoms with E-state index in [4.69, 9.17) is 0 Å². The van der Waals surface area contributed by atoms with Crippen molar-refractivity contribution in [2.45, 2.75) is 12.2 Å². The van der Waals surface area contributed by atoms with Crippen molar-refractivity contribution < 1.29 is 0 Å². The summed E-state index contributed by atoms with van der Waals surface area (Å²) in [4.78, 5) is 0. The Hall–Kier alpha value is 0.0500. The van der Waals surface area contributed by atoms with Gasteiger partial charge in [0, 0.05) is 5.25 Å². The van der Waals surface area contributed by atoms with E-state index >= 15 is 0 Å². The van der Waals surface area contributed by atoms with Gasteiger partial charge in [0.15, 0.2) is 0 Å². The van der Waals surface area contributed by atoms with Crippen molar-refractivity contribution in [1.29, 1.82) is 0 Å². The third kappa shape index (κ3) is 2.76. The number of halogens is 1. The Balaban J connectivity index is 0.000000810. The molecule has 0 aliphatic carbocycles. The van der Waals surface area contributed by atoms with Crippen molar-refractivity contribution in [3.63, 3.8) is 0 Å². The lowest BCUT2D eigenvalue weighted by Gasteiger charge is -2.00. The first-order valence-corrected chi connectivity index (χ1v) is 3.55. The number of hydrogen-bond acceptors (Lipinski definition) is 1. The molecule has 0 spiro atoms.